The number of nitrogens with one attached hydrogen (secondary N) is 1. The number of anilines is 1. The van der Waals surface area contributed by atoms with Crippen molar-refractivity contribution in [3.8, 4) is 5.75 Å². The third kappa shape index (κ3) is 7.86. The Morgan fingerprint density at radius 1 is 1.06 bits per heavy atom. The van der Waals surface area contributed by atoms with Gasteiger partial charge in [-0.15, -0.1) is 0 Å². The molecule has 1 N–H and O–H groups in total. The zero-order valence-electron chi connectivity index (χ0n) is 19.9. The topological polar surface area (TPSA) is 75.7 Å². The molecule has 0 unspecified atom stereocenters. The first kappa shape index (κ1) is 25.7. The number of nitrogens with zero attached hydrogens (tertiary/aromatic N) is 1. The predicted molar refractivity (Wildman–Crippen MR) is 131 cm³/mol. The van der Waals surface area contributed by atoms with Crippen molar-refractivity contribution in [2.45, 2.75) is 53.4 Å². The fraction of sp³-hybridized carbons (Fsp3) is 0.480. The molecule has 7 heteroatoms. The molecule has 0 saturated heterocycles. The van der Waals surface area contributed by atoms with Gasteiger partial charge in [-0.3, -0.25) is 9.10 Å². The van der Waals surface area contributed by atoms with E-state index >= 15 is 0 Å². The SMILES string of the molecule is CCCc1ccc(OCCNC(=O)CCCN(c2c(C)cc(C)cc2C)S(C)(=O)=O)cc1. The van der Waals surface area contributed by atoms with Crippen LogP contribution < -0.4 is 14.4 Å². The minimum absolute atomic E-state index is 0.113. The van der Waals surface area contributed by atoms with E-state index in [2.05, 4.69) is 24.4 Å². The smallest absolute Gasteiger partial charge is 0.232 e. The van der Waals surface area contributed by atoms with Crippen molar-refractivity contribution in [1.82, 2.24) is 5.32 Å². The molecule has 2 aromatic carbocycles. The number of carbonyl (C=O) groups is 1. The van der Waals surface area contributed by atoms with Gasteiger partial charge in [0.15, 0.2) is 0 Å². The summed E-state index contributed by atoms with van der Waals surface area (Å²) in [6.45, 7) is 9.02. The lowest BCUT2D eigenvalue weighted by molar-refractivity contribution is -0.121. The summed E-state index contributed by atoms with van der Waals surface area (Å²) in [6, 6.07) is 12.0. The average Bonchev–Trinajstić information content (AvgIpc) is 2.70. The van der Waals surface area contributed by atoms with E-state index in [-0.39, 0.29) is 18.9 Å². The van der Waals surface area contributed by atoms with Crippen LogP contribution in [0.1, 0.15) is 48.4 Å². The normalized spacial score (nSPS) is 11.3. The molecule has 0 heterocycles. The van der Waals surface area contributed by atoms with Gasteiger partial charge in [-0.05, 0) is 62.4 Å². The molecule has 2 aromatic rings. The summed E-state index contributed by atoms with van der Waals surface area (Å²) >= 11 is 0. The summed E-state index contributed by atoms with van der Waals surface area (Å²) < 4.78 is 31.9. The Hall–Kier alpha value is -2.54. The minimum atomic E-state index is -3.45. The summed E-state index contributed by atoms with van der Waals surface area (Å²) in [7, 11) is -3.45. The second-order valence-corrected chi connectivity index (χ2v) is 10.2. The van der Waals surface area contributed by atoms with Crippen molar-refractivity contribution < 1.29 is 17.9 Å². The maximum absolute atomic E-state index is 12.4. The van der Waals surface area contributed by atoms with E-state index in [0.29, 0.717) is 25.3 Å². The average molecular weight is 461 g/mol. The first-order chi connectivity index (χ1) is 15.1. The highest BCUT2D eigenvalue weighted by molar-refractivity contribution is 7.92. The zero-order chi connectivity index (χ0) is 23.7. The van der Waals surface area contributed by atoms with Crippen LogP contribution in [0.3, 0.4) is 0 Å². The van der Waals surface area contributed by atoms with Crippen LogP contribution in [0.15, 0.2) is 36.4 Å². The number of benzene rings is 2. The molecule has 0 saturated carbocycles. The van der Waals surface area contributed by atoms with Crippen molar-refractivity contribution >= 4 is 21.6 Å². The van der Waals surface area contributed by atoms with Crippen LogP contribution in [0.4, 0.5) is 5.69 Å². The second-order valence-electron chi connectivity index (χ2n) is 8.28. The highest BCUT2D eigenvalue weighted by Gasteiger charge is 2.21. The summed E-state index contributed by atoms with van der Waals surface area (Å²) in [5.41, 5.74) is 4.91. The maximum atomic E-state index is 12.4. The van der Waals surface area contributed by atoms with Gasteiger partial charge in [0, 0.05) is 13.0 Å². The van der Waals surface area contributed by atoms with Gasteiger partial charge in [0.05, 0.1) is 18.5 Å². The van der Waals surface area contributed by atoms with E-state index < -0.39 is 10.0 Å². The minimum Gasteiger partial charge on any atom is -0.492 e. The largest absolute Gasteiger partial charge is 0.492 e. The Morgan fingerprint density at radius 3 is 2.25 bits per heavy atom. The predicted octanol–water partition coefficient (Wildman–Crippen LogP) is 4.31. The van der Waals surface area contributed by atoms with Crippen LogP contribution in [0.2, 0.25) is 0 Å². The molecule has 0 atom stereocenters. The number of hydrogen-bond donors (Lipinski definition) is 1. The van der Waals surface area contributed by atoms with Crippen molar-refractivity contribution in [3.63, 3.8) is 0 Å². The molecular formula is C25H36N2O4S. The standard InChI is InChI=1S/C25H36N2O4S/c1-6-8-22-10-12-23(13-11-22)31-16-14-26-24(28)9-7-15-27(32(5,29)30)25-20(3)17-19(2)18-21(25)4/h10-13,17-18H,6-9,14-16H2,1-5H3,(H,26,28). The van der Waals surface area contributed by atoms with Gasteiger partial charge in [-0.2, -0.15) is 0 Å². The molecule has 0 radical (unpaired) electrons. The zero-order valence-corrected chi connectivity index (χ0v) is 20.7. The third-order valence-corrected chi connectivity index (χ3v) is 6.37. The molecule has 176 valence electrons. The Balaban J connectivity index is 1.80. The Kier molecular flexibility index (Phi) is 9.57. The lowest BCUT2D eigenvalue weighted by Gasteiger charge is -2.26. The molecular weight excluding hydrogens is 424 g/mol. The Labute approximate surface area is 193 Å². The van der Waals surface area contributed by atoms with Crippen LogP contribution in [0, 0.1) is 20.8 Å². The molecule has 0 aromatic heterocycles. The third-order valence-electron chi connectivity index (χ3n) is 5.21. The van der Waals surface area contributed by atoms with E-state index in [9.17, 15) is 13.2 Å². The van der Waals surface area contributed by atoms with Gasteiger partial charge >= 0.3 is 0 Å². The number of ether oxygens (including phenoxy) is 1. The quantitative estimate of drug-likeness (QED) is 0.479. The van der Waals surface area contributed by atoms with Crippen LogP contribution in [0.25, 0.3) is 0 Å². The number of aryl methyl sites for hydroxylation is 4. The molecule has 1 amide bonds. The Morgan fingerprint density at radius 2 is 1.69 bits per heavy atom. The van der Waals surface area contributed by atoms with Crippen LogP contribution in [-0.2, 0) is 21.2 Å². The molecule has 0 aliphatic rings. The highest BCUT2D eigenvalue weighted by atomic mass is 32.2. The van der Waals surface area contributed by atoms with Crippen LogP contribution >= 0.6 is 0 Å². The van der Waals surface area contributed by atoms with Crippen LogP contribution in [0.5, 0.6) is 5.75 Å². The highest BCUT2D eigenvalue weighted by Crippen LogP contribution is 2.28. The van der Waals surface area contributed by atoms with Gasteiger partial charge in [-0.1, -0.05) is 43.2 Å². The number of amides is 1. The van der Waals surface area contributed by atoms with Crippen molar-refractivity contribution in [1.29, 1.82) is 0 Å². The summed E-state index contributed by atoms with van der Waals surface area (Å²) in [5.74, 6) is 0.671. The molecule has 6 nitrogen and oxygen atoms in total. The van der Waals surface area contributed by atoms with E-state index in [0.717, 1.165) is 35.3 Å². The van der Waals surface area contributed by atoms with Gasteiger partial charge in [0.1, 0.15) is 12.4 Å². The molecule has 0 aliphatic carbocycles. The molecule has 2 rings (SSSR count). The van der Waals surface area contributed by atoms with E-state index in [1.54, 1.807) is 0 Å². The molecule has 0 aliphatic heterocycles. The monoisotopic (exact) mass is 460 g/mol. The van der Waals surface area contributed by atoms with Gasteiger partial charge < -0.3 is 10.1 Å². The second kappa shape index (κ2) is 11.9. The Bertz CT molecular complexity index is 978. The van der Waals surface area contributed by atoms with Crippen molar-refractivity contribution in [3.05, 3.63) is 58.7 Å². The van der Waals surface area contributed by atoms with E-state index in [1.807, 2.05) is 45.0 Å². The maximum Gasteiger partial charge on any atom is 0.232 e. The summed E-state index contributed by atoms with van der Waals surface area (Å²) in [6.07, 6.45) is 4.06. The van der Waals surface area contributed by atoms with E-state index in [4.69, 9.17) is 4.74 Å². The molecule has 0 spiro atoms. The fourth-order valence-electron chi connectivity index (χ4n) is 3.88. The first-order valence-corrected chi connectivity index (χ1v) is 13.0. The fourth-order valence-corrected chi connectivity index (χ4v) is 4.96. The van der Waals surface area contributed by atoms with E-state index in [1.165, 1.54) is 16.1 Å². The summed E-state index contributed by atoms with van der Waals surface area (Å²) in [5, 5.41) is 2.84. The van der Waals surface area contributed by atoms with Crippen molar-refractivity contribution in [2.24, 2.45) is 0 Å². The molecule has 0 bridgehead atoms. The first-order valence-electron chi connectivity index (χ1n) is 11.2. The molecule has 32 heavy (non-hydrogen) atoms. The lowest BCUT2D eigenvalue weighted by Crippen LogP contribution is -2.33. The van der Waals surface area contributed by atoms with Gasteiger partial charge in [0.2, 0.25) is 15.9 Å². The summed E-state index contributed by atoms with van der Waals surface area (Å²) in [4.78, 5) is 12.2. The lowest BCUT2D eigenvalue weighted by atomic mass is 10.0. The number of sulfonamides is 1. The number of rotatable bonds is 12. The molecule has 0 fully saturated rings. The van der Waals surface area contributed by atoms with Crippen LogP contribution in [-0.4, -0.2) is 40.3 Å². The van der Waals surface area contributed by atoms with Gasteiger partial charge in [0.25, 0.3) is 0 Å². The number of hydrogen-bond acceptors (Lipinski definition) is 4. The van der Waals surface area contributed by atoms with Gasteiger partial charge in [-0.25, -0.2) is 8.42 Å². The van der Waals surface area contributed by atoms with Crippen molar-refractivity contribution in [2.75, 3.05) is 30.3 Å². The number of carbonyl (C=O) groups excluding carboxylic acids is 1.